The summed E-state index contributed by atoms with van der Waals surface area (Å²) in [6, 6.07) is -0.0851. The summed E-state index contributed by atoms with van der Waals surface area (Å²) in [5, 5.41) is 12.0. The standard InChI is InChI=1S/C12H25NO2/c1-5-10(6-2)12(15)13-11(8-14)7-9(3)4/h9-11,14H,5-8H2,1-4H3,(H,13,15). The molecule has 0 fully saturated rings. The fraction of sp³-hybridized carbons (Fsp3) is 0.917. The first-order valence-electron chi connectivity index (χ1n) is 5.96. The molecular formula is C12H25NO2. The van der Waals surface area contributed by atoms with E-state index in [1.165, 1.54) is 0 Å². The Hall–Kier alpha value is -0.570. The molecule has 0 spiro atoms. The topological polar surface area (TPSA) is 49.3 Å². The van der Waals surface area contributed by atoms with Crippen LogP contribution in [-0.4, -0.2) is 23.7 Å². The Morgan fingerprint density at radius 3 is 2.13 bits per heavy atom. The molecule has 0 aromatic rings. The van der Waals surface area contributed by atoms with Crippen LogP contribution in [0.15, 0.2) is 0 Å². The van der Waals surface area contributed by atoms with Gasteiger partial charge in [-0.1, -0.05) is 27.7 Å². The van der Waals surface area contributed by atoms with Gasteiger partial charge in [-0.3, -0.25) is 4.79 Å². The second-order valence-electron chi connectivity index (χ2n) is 4.53. The van der Waals surface area contributed by atoms with Crippen LogP contribution in [0.3, 0.4) is 0 Å². The molecule has 15 heavy (non-hydrogen) atoms. The second-order valence-corrected chi connectivity index (χ2v) is 4.53. The maximum absolute atomic E-state index is 11.7. The van der Waals surface area contributed by atoms with Gasteiger partial charge in [0.15, 0.2) is 0 Å². The Kier molecular flexibility index (Phi) is 7.39. The number of aliphatic hydroxyl groups excluding tert-OH is 1. The SMILES string of the molecule is CCC(CC)C(=O)NC(CO)CC(C)C. The van der Waals surface area contributed by atoms with Crippen molar-refractivity contribution in [1.82, 2.24) is 5.32 Å². The number of hydrogen-bond donors (Lipinski definition) is 2. The van der Waals surface area contributed by atoms with Crippen LogP contribution in [0.2, 0.25) is 0 Å². The smallest absolute Gasteiger partial charge is 0.223 e. The molecule has 0 saturated heterocycles. The number of aliphatic hydroxyl groups is 1. The molecule has 0 aliphatic carbocycles. The Labute approximate surface area is 93.3 Å². The minimum atomic E-state index is -0.0851. The lowest BCUT2D eigenvalue weighted by atomic mass is 10.00. The summed E-state index contributed by atoms with van der Waals surface area (Å²) in [6.07, 6.45) is 2.56. The molecule has 0 aliphatic heterocycles. The van der Waals surface area contributed by atoms with Crippen LogP contribution in [-0.2, 0) is 4.79 Å². The van der Waals surface area contributed by atoms with Gasteiger partial charge in [-0.2, -0.15) is 0 Å². The van der Waals surface area contributed by atoms with Gasteiger partial charge in [0.2, 0.25) is 5.91 Å². The van der Waals surface area contributed by atoms with E-state index in [0.717, 1.165) is 19.3 Å². The summed E-state index contributed by atoms with van der Waals surface area (Å²) in [6.45, 7) is 8.25. The third-order valence-corrected chi connectivity index (χ3v) is 2.68. The number of carbonyl (C=O) groups is 1. The van der Waals surface area contributed by atoms with Crippen LogP contribution in [0, 0.1) is 11.8 Å². The number of amides is 1. The van der Waals surface area contributed by atoms with E-state index in [2.05, 4.69) is 19.2 Å². The van der Waals surface area contributed by atoms with Crippen molar-refractivity contribution in [2.24, 2.45) is 11.8 Å². The Bertz CT molecular complexity index is 176. The monoisotopic (exact) mass is 215 g/mol. The predicted molar refractivity (Wildman–Crippen MR) is 62.5 cm³/mol. The molecule has 0 bridgehead atoms. The molecule has 0 aromatic heterocycles. The fourth-order valence-corrected chi connectivity index (χ4v) is 1.73. The summed E-state index contributed by atoms with van der Waals surface area (Å²) in [5.41, 5.74) is 0. The molecule has 0 saturated carbocycles. The van der Waals surface area contributed by atoms with Crippen molar-refractivity contribution in [3.63, 3.8) is 0 Å². The molecule has 0 rings (SSSR count). The first kappa shape index (κ1) is 14.4. The van der Waals surface area contributed by atoms with Gasteiger partial charge in [0.1, 0.15) is 0 Å². The van der Waals surface area contributed by atoms with Crippen LogP contribution in [0.1, 0.15) is 47.0 Å². The van der Waals surface area contributed by atoms with E-state index in [1.807, 2.05) is 13.8 Å². The number of hydrogen-bond acceptors (Lipinski definition) is 2. The fourth-order valence-electron chi connectivity index (χ4n) is 1.73. The summed E-state index contributed by atoms with van der Waals surface area (Å²) in [4.78, 5) is 11.7. The van der Waals surface area contributed by atoms with Crippen LogP contribution < -0.4 is 5.32 Å². The van der Waals surface area contributed by atoms with Gasteiger partial charge in [0.05, 0.1) is 12.6 Å². The molecule has 0 radical (unpaired) electrons. The Balaban J connectivity index is 4.10. The maximum atomic E-state index is 11.7. The largest absolute Gasteiger partial charge is 0.394 e. The average molecular weight is 215 g/mol. The zero-order valence-electron chi connectivity index (χ0n) is 10.4. The van der Waals surface area contributed by atoms with E-state index in [0.29, 0.717) is 5.92 Å². The number of nitrogens with one attached hydrogen (secondary N) is 1. The molecular weight excluding hydrogens is 190 g/mol. The van der Waals surface area contributed by atoms with Gasteiger partial charge >= 0.3 is 0 Å². The molecule has 1 unspecified atom stereocenters. The molecule has 1 amide bonds. The van der Waals surface area contributed by atoms with Gasteiger partial charge in [-0.25, -0.2) is 0 Å². The van der Waals surface area contributed by atoms with E-state index < -0.39 is 0 Å². The first-order chi connectivity index (χ1) is 7.04. The molecule has 1 atom stereocenters. The Morgan fingerprint density at radius 2 is 1.80 bits per heavy atom. The average Bonchev–Trinajstić information content (AvgIpc) is 2.17. The van der Waals surface area contributed by atoms with Crippen molar-refractivity contribution in [2.45, 2.75) is 53.0 Å². The number of rotatable bonds is 7. The lowest BCUT2D eigenvalue weighted by Crippen LogP contribution is -2.41. The lowest BCUT2D eigenvalue weighted by molar-refractivity contribution is -0.126. The van der Waals surface area contributed by atoms with Crippen molar-refractivity contribution in [1.29, 1.82) is 0 Å². The van der Waals surface area contributed by atoms with Crippen LogP contribution in [0.25, 0.3) is 0 Å². The third kappa shape index (κ3) is 5.78. The molecule has 0 heterocycles. The van der Waals surface area contributed by atoms with Gasteiger partial charge in [0, 0.05) is 5.92 Å². The van der Waals surface area contributed by atoms with E-state index in [4.69, 9.17) is 5.11 Å². The van der Waals surface area contributed by atoms with Crippen LogP contribution in [0.4, 0.5) is 0 Å². The molecule has 0 aliphatic rings. The highest BCUT2D eigenvalue weighted by atomic mass is 16.3. The van der Waals surface area contributed by atoms with E-state index in [-0.39, 0.29) is 24.5 Å². The van der Waals surface area contributed by atoms with Gasteiger partial charge in [-0.05, 0) is 25.2 Å². The normalized spacial score (nSPS) is 13.3. The number of carbonyl (C=O) groups excluding carboxylic acids is 1. The zero-order valence-corrected chi connectivity index (χ0v) is 10.4. The lowest BCUT2D eigenvalue weighted by Gasteiger charge is -2.21. The van der Waals surface area contributed by atoms with E-state index >= 15 is 0 Å². The van der Waals surface area contributed by atoms with Gasteiger partial charge in [-0.15, -0.1) is 0 Å². The van der Waals surface area contributed by atoms with Crippen molar-refractivity contribution < 1.29 is 9.90 Å². The quantitative estimate of drug-likeness (QED) is 0.682. The van der Waals surface area contributed by atoms with E-state index in [1.54, 1.807) is 0 Å². The van der Waals surface area contributed by atoms with Gasteiger partial charge in [0.25, 0.3) is 0 Å². The van der Waals surface area contributed by atoms with Crippen molar-refractivity contribution >= 4 is 5.91 Å². The van der Waals surface area contributed by atoms with Crippen molar-refractivity contribution in [3.05, 3.63) is 0 Å². The van der Waals surface area contributed by atoms with E-state index in [9.17, 15) is 4.79 Å². The maximum Gasteiger partial charge on any atom is 0.223 e. The van der Waals surface area contributed by atoms with Crippen LogP contribution in [0.5, 0.6) is 0 Å². The molecule has 3 heteroatoms. The summed E-state index contributed by atoms with van der Waals surface area (Å²) >= 11 is 0. The molecule has 90 valence electrons. The Morgan fingerprint density at radius 1 is 1.27 bits per heavy atom. The van der Waals surface area contributed by atoms with Crippen LogP contribution >= 0.6 is 0 Å². The molecule has 0 aromatic carbocycles. The highest BCUT2D eigenvalue weighted by Gasteiger charge is 2.18. The molecule has 3 nitrogen and oxygen atoms in total. The highest BCUT2D eigenvalue weighted by molar-refractivity contribution is 5.78. The second kappa shape index (κ2) is 7.69. The minimum Gasteiger partial charge on any atom is -0.394 e. The first-order valence-corrected chi connectivity index (χ1v) is 5.96. The highest BCUT2D eigenvalue weighted by Crippen LogP contribution is 2.10. The zero-order chi connectivity index (χ0) is 11.8. The molecule has 2 N–H and O–H groups in total. The predicted octanol–water partition coefficient (Wildman–Crippen LogP) is 1.95. The summed E-state index contributed by atoms with van der Waals surface area (Å²) in [7, 11) is 0. The third-order valence-electron chi connectivity index (χ3n) is 2.68. The summed E-state index contributed by atoms with van der Waals surface area (Å²) in [5.74, 6) is 0.662. The van der Waals surface area contributed by atoms with Gasteiger partial charge < -0.3 is 10.4 Å². The van der Waals surface area contributed by atoms with Crippen molar-refractivity contribution in [3.8, 4) is 0 Å². The van der Waals surface area contributed by atoms with Crippen molar-refractivity contribution in [2.75, 3.05) is 6.61 Å². The summed E-state index contributed by atoms with van der Waals surface area (Å²) < 4.78 is 0. The minimum absolute atomic E-state index is 0.0318.